The van der Waals surface area contributed by atoms with E-state index in [1.54, 1.807) is 6.20 Å². The van der Waals surface area contributed by atoms with Gasteiger partial charge in [0.1, 0.15) is 17.9 Å². The van der Waals surface area contributed by atoms with E-state index in [1.807, 2.05) is 21.6 Å². The number of imidazole rings is 1. The second-order valence-corrected chi connectivity index (χ2v) is 5.30. The predicted molar refractivity (Wildman–Crippen MR) is 77.5 cm³/mol. The number of hydrogen-bond acceptors (Lipinski definition) is 3. The molecule has 1 aliphatic rings. The molecule has 0 bridgehead atoms. The van der Waals surface area contributed by atoms with Gasteiger partial charge in [-0.15, -0.1) is 11.6 Å². The lowest BCUT2D eigenvalue weighted by molar-refractivity contribution is -0.132. The summed E-state index contributed by atoms with van der Waals surface area (Å²) in [6.07, 6.45) is 5.12. The van der Waals surface area contributed by atoms with Crippen molar-refractivity contribution >= 4 is 28.7 Å². The van der Waals surface area contributed by atoms with Gasteiger partial charge in [-0.3, -0.25) is 4.79 Å². The van der Waals surface area contributed by atoms with Crippen molar-refractivity contribution in [2.75, 3.05) is 13.1 Å². The number of aromatic nitrogens is 3. The molecule has 0 unspecified atom stereocenters. The van der Waals surface area contributed by atoms with Gasteiger partial charge in [-0.05, 0) is 31.4 Å². The van der Waals surface area contributed by atoms with Crippen LogP contribution in [0.25, 0.3) is 11.2 Å². The minimum absolute atomic E-state index is 0.126. The summed E-state index contributed by atoms with van der Waals surface area (Å²) >= 11 is 5.94. The molecule has 0 N–H and O–H groups in total. The van der Waals surface area contributed by atoms with Gasteiger partial charge in [0.05, 0.1) is 5.88 Å². The molecular weight excluding hydrogens is 276 g/mol. The van der Waals surface area contributed by atoms with Crippen molar-refractivity contribution in [1.29, 1.82) is 0 Å². The van der Waals surface area contributed by atoms with Gasteiger partial charge in [0, 0.05) is 19.3 Å². The number of pyridine rings is 1. The van der Waals surface area contributed by atoms with Crippen LogP contribution in [-0.4, -0.2) is 38.4 Å². The number of rotatable bonds is 3. The second-order valence-electron chi connectivity index (χ2n) is 5.04. The number of carbonyl (C=O) groups excluding carboxylic acids is 1. The van der Waals surface area contributed by atoms with Crippen molar-refractivity contribution in [3.05, 3.63) is 24.2 Å². The fourth-order valence-corrected chi connectivity index (χ4v) is 2.86. The third-order valence-electron chi connectivity index (χ3n) is 3.70. The number of amides is 1. The number of likely N-dealkylation sites (tertiary alicyclic amines) is 1. The monoisotopic (exact) mass is 292 g/mol. The Labute approximate surface area is 122 Å². The molecule has 5 nitrogen and oxygen atoms in total. The van der Waals surface area contributed by atoms with E-state index >= 15 is 0 Å². The predicted octanol–water partition coefficient (Wildman–Crippen LogP) is 2.18. The van der Waals surface area contributed by atoms with E-state index in [0.29, 0.717) is 5.82 Å². The molecule has 3 rings (SSSR count). The minimum Gasteiger partial charge on any atom is -0.341 e. The van der Waals surface area contributed by atoms with Crippen molar-refractivity contribution in [3.63, 3.8) is 0 Å². The highest BCUT2D eigenvalue weighted by atomic mass is 35.5. The lowest BCUT2D eigenvalue weighted by Gasteiger charge is -2.27. The Hall–Kier alpha value is -1.62. The van der Waals surface area contributed by atoms with Crippen molar-refractivity contribution in [1.82, 2.24) is 19.4 Å². The molecule has 1 fully saturated rings. The Kier molecular flexibility index (Phi) is 3.87. The normalized spacial score (nSPS) is 15.8. The summed E-state index contributed by atoms with van der Waals surface area (Å²) in [5.74, 6) is 1.11. The Morgan fingerprint density at radius 3 is 2.85 bits per heavy atom. The molecule has 0 saturated carbocycles. The van der Waals surface area contributed by atoms with E-state index in [9.17, 15) is 4.79 Å². The molecule has 0 spiro atoms. The maximum Gasteiger partial charge on any atom is 0.242 e. The fraction of sp³-hybridized carbons (Fsp3) is 0.500. The largest absolute Gasteiger partial charge is 0.341 e. The molecule has 2 aromatic heterocycles. The first kappa shape index (κ1) is 13.4. The molecule has 106 valence electrons. The van der Waals surface area contributed by atoms with Gasteiger partial charge in [0.25, 0.3) is 0 Å². The van der Waals surface area contributed by atoms with Gasteiger partial charge < -0.3 is 9.47 Å². The van der Waals surface area contributed by atoms with Crippen LogP contribution in [0.2, 0.25) is 0 Å². The van der Waals surface area contributed by atoms with Gasteiger partial charge in [0.15, 0.2) is 5.65 Å². The van der Waals surface area contributed by atoms with Crippen molar-refractivity contribution in [3.8, 4) is 0 Å². The van der Waals surface area contributed by atoms with Gasteiger partial charge in [-0.25, -0.2) is 9.97 Å². The van der Waals surface area contributed by atoms with Crippen LogP contribution in [0.5, 0.6) is 0 Å². The van der Waals surface area contributed by atoms with Crippen LogP contribution in [-0.2, 0) is 17.2 Å². The van der Waals surface area contributed by atoms with Crippen molar-refractivity contribution < 1.29 is 4.79 Å². The van der Waals surface area contributed by atoms with Crippen LogP contribution >= 0.6 is 11.6 Å². The van der Waals surface area contributed by atoms with E-state index in [0.717, 1.165) is 37.1 Å². The van der Waals surface area contributed by atoms with Crippen LogP contribution in [0.15, 0.2) is 18.3 Å². The topological polar surface area (TPSA) is 51.0 Å². The Bertz CT molecular complexity index is 619. The third-order valence-corrected chi connectivity index (χ3v) is 3.94. The molecule has 2 aromatic rings. The van der Waals surface area contributed by atoms with Gasteiger partial charge in [-0.2, -0.15) is 0 Å². The maximum absolute atomic E-state index is 12.4. The lowest BCUT2D eigenvalue weighted by Crippen LogP contribution is -2.38. The zero-order chi connectivity index (χ0) is 13.9. The Balaban J connectivity index is 1.87. The second kappa shape index (κ2) is 5.79. The summed E-state index contributed by atoms with van der Waals surface area (Å²) in [6.45, 7) is 1.99. The first-order valence-electron chi connectivity index (χ1n) is 6.93. The van der Waals surface area contributed by atoms with Crippen LogP contribution in [0.4, 0.5) is 0 Å². The lowest BCUT2D eigenvalue weighted by atomic mass is 10.1. The summed E-state index contributed by atoms with van der Waals surface area (Å²) in [5.41, 5.74) is 1.52. The fourth-order valence-electron chi connectivity index (χ4n) is 2.65. The zero-order valence-electron chi connectivity index (χ0n) is 11.3. The summed E-state index contributed by atoms with van der Waals surface area (Å²) in [5, 5.41) is 0. The molecule has 6 heteroatoms. The standard InChI is InChI=1S/C14H17ClN4O/c15-9-12-17-11-5-4-6-16-14(11)19(12)10-13(20)18-7-2-1-3-8-18/h4-6H,1-3,7-10H2. The molecule has 1 aliphatic heterocycles. The summed E-state index contributed by atoms with van der Waals surface area (Å²) in [6, 6.07) is 3.73. The van der Waals surface area contributed by atoms with E-state index in [1.165, 1.54) is 6.42 Å². The van der Waals surface area contributed by atoms with Crippen molar-refractivity contribution in [2.45, 2.75) is 31.7 Å². The average molecular weight is 293 g/mol. The molecule has 0 aliphatic carbocycles. The number of carbonyl (C=O) groups is 1. The van der Waals surface area contributed by atoms with Crippen LogP contribution in [0.1, 0.15) is 25.1 Å². The van der Waals surface area contributed by atoms with E-state index in [2.05, 4.69) is 9.97 Å². The van der Waals surface area contributed by atoms with Crippen LogP contribution < -0.4 is 0 Å². The molecule has 0 radical (unpaired) electrons. The first-order valence-corrected chi connectivity index (χ1v) is 7.47. The summed E-state index contributed by atoms with van der Waals surface area (Å²) < 4.78 is 1.83. The smallest absolute Gasteiger partial charge is 0.242 e. The Morgan fingerprint density at radius 1 is 1.30 bits per heavy atom. The van der Waals surface area contributed by atoms with E-state index in [4.69, 9.17) is 11.6 Å². The van der Waals surface area contributed by atoms with Gasteiger partial charge in [-0.1, -0.05) is 0 Å². The number of piperidine rings is 1. The molecule has 0 aromatic carbocycles. The molecule has 3 heterocycles. The highest BCUT2D eigenvalue weighted by Crippen LogP contribution is 2.16. The molecule has 20 heavy (non-hydrogen) atoms. The Morgan fingerprint density at radius 2 is 2.10 bits per heavy atom. The molecule has 1 saturated heterocycles. The number of halogens is 1. The van der Waals surface area contributed by atoms with Crippen LogP contribution in [0, 0.1) is 0 Å². The number of alkyl halides is 1. The maximum atomic E-state index is 12.4. The van der Waals surface area contributed by atoms with Gasteiger partial charge in [0.2, 0.25) is 5.91 Å². The number of fused-ring (bicyclic) bond motifs is 1. The number of nitrogens with zero attached hydrogens (tertiary/aromatic N) is 4. The first-order chi connectivity index (χ1) is 9.79. The third kappa shape index (κ3) is 2.50. The van der Waals surface area contributed by atoms with Crippen LogP contribution in [0.3, 0.4) is 0 Å². The van der Waals surface area contributed by atoms with E-state index < -0.39 is 0 Å². The SMILES string of the molecule is O=C(Cn1c(CCl)nc2cccnc21)N1CCCCC1. The van der Waals surface area contributed by atoms with Crippen molar-refractivity contribution in [2.24, 2.45) is 0 Å². The van der Waals surface area contributed by atoms with E-state index in [-0.39, 0.29) is 18.3 Å². The highest BCUT2D eigenvalue weighted by Gasteiger charge is 2.19. The average Bonchev–Trinajstić information content (AvgIpc) is 2.86. The number of hydrogen-bond donors (Lipinski definition) is 0. The zero-order valence-corrected chi connectivity index (χ0v) is 12.0. The van der Waals surface area contributed by atoms with Gasteiger partial charge >= 0.3 is 0 Å². The quantitative estimate of drug-likeness (QED) is 0.815. The summed E-state index contributed by atoms with van der Waals surface area (Å²) in [7, 11) is 0. The minimum atomic E-state index is 0.126. The molecular formula is C14H17ClN4O. The molecule has 1 amide bonds. The molecule has 0 atom stereocenters. The highest BCUT2D eigenvalue weighted by molar-refractivity contribution is 6.16. The summed E-state index contributed by atoms with van der Waals surface area (Å²) in [4.78, 5) is 23.1.